The van der Waals surface area contributed by atoms with Gasteiger partial charge in [-0.1, -0.05) is 6.92 Å². The number of aromatic amines is 1. The summed E-state index contributed by atoms with van der Waals surface area (Å²) in [7, 11) is 0. The van der Waals surface area contributed by atoms with Crippen LogP contribution in [0.2, 0.25) is 0 Å². The molecule has 2 fully saturated rings. The maximum Gasteiger partial charge on any atom is 0.228 e. The van der Waals surface area contributed by atoms with E-state index in [1.54, 1.807) is 12.4 Å². The van der Waals surface area contributed by atoms with Gasteiger partial charge in [0, 0.05) is 37.0 Å². The van der Waals surface area contributed by atoms with Gasteiger partial charge < -0.3 is 0 Å². The number of nitrogens with zero attached hydrogens (tertiary/aromatic N) is 3. The first kappa shape index (κ1) is 13.5. The largest absolute Gasteiger partial charge is 0.297 e. The molecule has 1 N–H and O–H groups in total. The van der Waals surface area contributed by atoms with Gasteiger partial charge in [-0.15, -0.1) is 0 Å². The van der Waals surface area contributed by atoms with Crippen molar-refractivity contribution < 1.29 is 4.79 Å². The molecule has 1 aliphatic carbocycles. The molecule has 0 radical (unpaired) electrons. The van der Waals surface area contributed by atoms with Crippen LogP contribution < -0.4 is 4.90 Å². The molecule has 114 valence electrons. The lowest BCUT2D eigenvalue weighted by atomic mass is 9.82. The fraction of sp³-hybridized carbons (Fsp3) is 0.471. The lowest BCUT2D eigenvalue weighted by molar-refractivity contribution is -0.121. The SMILES string of the molecule is CC1(C2CCN(c3cc(-c4ccncc4)n[nH]3)C(=O)C2)CC1. The van der Waals surface area contributed by atoms with Crippen LogP contribution in [0, 0.1) is 11.3 Å². The zero-order chi connectivity index (χ0) is 15.2. The third-order valence-corrected chi connectivity index (χ3v) is 5.28. The van der Waals surface area contributed by atoms with E-state index in [0.29, 0.717) is 17.8 Å². The van der Waals surface area contributed by atoms with E-state index in [9.17, 15) is 4.79 Å². The van der Waals surface area contributed by atoms with Crippen LogP contribution in [0.5, 0.6) is 0 Å². The standard InChI is InChI=1S/C17H20N4O/c1-17(5-6-17)13-4-9-21(16(22)10-13)15-11-14(19-20-15)12-2-7-18-8-3-12/h2-3,7-8,11,13H,4-6,9-10H2,1H3,(H,19,20). The van der Waals surface area contributed by atoms with Crippen molar-refractivity contribution in [1.29, 1.82) is 0 Å². The van der Waals surface area contributed by atoms with Crippen LogP contribution in [0.25, 0.3) is 11.3 Å². The zero-order valence-corrected chi connectivity index (χ0v) is 12.7. The van der Waals surface area contributed by atoms with Gasteiger partial charge in [0.1, 0.15) is 5.82 Å². The third kappa shape index (κ3) is 2.30. The molecule has 2 aromatic rings. The van der Waals surface area contributed by atoms with E-state index < -0.39 is 0 Å². The Hall–Kier alpha value is -2.17. The molecule has 5 nitrogen and oxygen atoms in total. The third-order valence-electron chi connectivity index (χ3n) is 5.28. The van der Waals surface area contributed by atoms with E-state index in [1.165, 1.54) is 12.8 Å². The fourth-order valence-corrected chi connectivity index (χ4v) is 3.41. The first-order valence-electron chi connectivity index (χ1n) is 7.92. The Bertz CT molecular complexity index is 690. The van der Waals surface area contributed by atoms with Crippen LogP contribution in [-0.4, -0.2) is 27.6 Å². The van der Waals surface area contributed by atoms with Crippen LogP contribution in [0.1, 0.15) is 32.6 Å². The number of hydrogen-bond acceptors (Lipinski definition) is 3. The van der Waals surface area contributed by atoms with Crippen molar-refractivity contribution in [3.8, 4) is 11.3 Å². The number of hydrogen-bond donors (Lipinski definition) is 1. The number of nitrogens with one attached hydrogen (secondary N) is 1. The van der Waals surface area contributed by atoms with Crippen molar-refractivity contribution in [3.63, 3.8) is 0 Å². The average molecular weight is 296 g/mol. The highest BCUT2D eigenvalue weighted by atomic mass is 16.2. The molecule has 1 unspecified atom stereocenters. The van der Waals surface area contributed by atoms with Gasteiger partial charge in [0.25, 0.3) is 0 Å². The quantitative estimate of drug-likeness (QED) is 0.947. The van der Waals surface area contributed by atoms with Gasteiger partial charge in [-0.25, -0.2) is 0 Å². The normalized spacial score (nSPS) is 23.6. The van der Waals surface area contributed by atoms with E-state index in [4.69, 9.17) is 0 Å². The Morgan fingerprint density at radius 1 is 1.32 bits per heavy atom. The minimum Gasteiger partial charge on any atom is -0.297 e. The summed E-state index contributed by atoms with van der Waals surface area (Å²) in [6.45, 7) is 3.11. The lowest BCUT2D eigenvalue weighted by Gasteiger charge is -2.33. The number of rotatable bonds is 3. The molecule has 1 aliphatic heterocycles. The molecule has 3 heterocycles. The van der Waals surface area contributed by atoms with Crippen molar-refractivity contribution >= 4 is 11.7 Å². The summed E-state index contributed by atoms with van der Waals surface area (Å²) in [5.41, 5.74) is 2.28. The topological polar surface area (TPSA) is 61.9 Å². The highest BCUT2D eigenvalue weighted by Gasteiger charge is 2.47. The number of anilines is 1. The monoisotopic (exact) mass is 296 g/mol. The summed E-state index contributed by atoms with van der Waals surface area (Å²) >= 11 is 0. The smallest absolute Gasteiger partial charge is 0.228 e. The minimum absolute atomic E-state index is 0.217. The zero-order valence-electron chi connectivity index (χ0n) is 12.7. The summed E-state index contributed by atoms with van der Waals surface area (Å²) < 4.78 is 0. The number of pyridine rings is 1. The van der Waals surface area contributed by atoms with E-state index in [0.717, 1.165) is 30.0 Å². The summed E-state index contributed by atoms with van der Waals surface area (Å²) in [5, 5.41) is 7.34. The van der Waals surface area contributed by atoms with Gasteiger partial charge in [0.2, 0.25) is 5.91 Å². The molecule has 22 heavy (non-hydrogen) atoms. The van der Waals surface area contributed by atoms with Gasteiger partial charge in [-0.05, 0) is 42.7 Å². The van der Waals surface area contributed by atoms with E-state index in [-0.39, 0.29) is 5.91 Å². The molecule has 1 amide bonds. The second kappa shape index (κ2) is 4.93. The summed E-state index contributed by atoms with van der Waals surface area (Å²) in [6.07, 6.45) is 7.81. The first-order chi connectivity index (χ1) is 10.7. The van der Waals surface area contributed by atoms with Crippen LogP contribution >= 0.6 is 0 Å². The molecular weight excluding hydrogens is 276 g/mol. The highest BCUT2D eigenvalue weighted by molar-refractivity contribution is 5.93. The summed E-state index contributed by atoms with van der Waals surface area (Å²) in [6, 6.07) is 5.79. The molecule has 2 aliphatic rings. The van der Waals surface area contributed by atoms with Crippen molar-refractivity contribution in [2.75, 3.05) is 11.4 Å². The van der Waals surface area contributed by atoms with Crippen LogP contribution in [0.15, 0.2) is 30.6 Å². The molecule has 0 bridgehead atoms. The van der Waals surface area contributed by atoms with Crippen molar-refractivity contribution in [2.45, 2.75) is 32.6 Å². The predicted molar refractivity (Wildman–Crippen MR) is 84.2 cm³/mol. The fourth-order valence-electron chi connectivity index (χ4n) is 3.41. The van der Waals surface area contributed by atoms with Gasteiger partial charge >= 0.3 is 0 Å². The molecule has 0 spiro atoms. The van der Waals surface area contributed by atoms with E-state index >= 15 is 0 Å². The molecule has 1 atom stereocenters. The van der Waals surface area contributed by atoms with Crippen LogP contribution in [-0.2, 0) is 4.79 Å². The van der Waals surface area contributed by atoms with Crippen molar-refractivity contribution in [2.24, 2.45) is 11.3 Å². The molecular formula is C17H20N4O. The Labute approximate surface area is 129 Å². The van der Waals surface area contributed by atoms with Gasteiger partial charge in [0.05, 0.1) is 5.69 Å². The Morgan fingerprint density at radius 2 is 2.09 bits per heavy atom. The number of H-pyrrole nitrogens is 1. The number of amides is 1. The molecule has 2 aromatic heterocycles. The summed E-state index contributed by atoms with van der Waals surface area (Å²) in [4.78, 5) is 18.4. The predicted octanol–water partition coefficient (Wildman–Crippen LogP) is 3.01. The second-order valence-corrected chi connectivity index (χ2v) is 6.76. The Balaban J connectivity index is 1.51. The Kier molecular flexibility index (Phi) is 3.03. The minimum atomic E-state index is 0.217. The van der Waals surface area contributed by atoms with Gasteiger partial charge in [0.15, 0.2) is 0 Å². The van der Waals surface area contributed by atoms with E-state index in [2.05, 4.69) is 22.1 Å². The average Bonchev–Trinajstić information content (AvgIpc) is 3.12. The Morgan fingerprint density at radius 3 is 2.77 bits per heavy atom. The van der Waals surface area contributed by atoms with E-state index in [1.807, 2.05) is 23.1 Å². The van der Waals surface area contributed by atoms with Crippen LogP contribution in [0.4, 0.5) is 5.82 Å². The van der Waals surface area contributed by atoms with Gasteiger partial charge in [-0.3, -0.25) is 19.8 Å². The molecule has 0 aromatic carbocycles. The number of aromatic nitrogens is 3. The first-order valence-corrected chi connectivity index (χ1v) is 7.92. The second-order valence-electron chi connectivity index (χ2n) is 6.76. The molecule has 1 saturated carbocycles. The molecule has 1 saturated heterocycles. The maximum atomic E-state index is 12.5. The molecule has 4 rings (SSSR count). The van der Waals surface area contributed by atoms with Crippen molar-refractivity contribution in [3.05, 3.63) is 30.6 Å². The highest BCUT2D eigenvalue weighted by Crippen LogP contribution is 2.54. The summed E-state index contributed by atoms with van der Waals surface area (Å²) in [5.74, 6) is 1.57. The number of carbonyl (C=O) groups is 1. The molecule has 5 heteroatoms. The number of piperidine rings is 1. The maximum absolute atomic E-state index is 12.5. The van der Waals surface area contributed by atoms with Gasteiger partial charge in [-0.2, -0.15) is 5.10 Å². The number of carbonyl (C=O) groups excluding carboxylic acids is 1. The lowest BCUT2D eigenvalue weighted by Crippen LogP contribution is -2.41. The van der Waals surface area contributed by atoms with Crippen LogP contribution in [0.3, 0.4) is 0 Å². The van der Waals surface area contributed by atoms with Crippen molar-refractivity contribution in [1.82, 2.24) is 15.2 Å².